The number of rotatable bonds is 4. The Morgan fingerprint density at radius 1 is 1.00 bits per heavy atom. The zero-order chi connectivity index (χ0) is 16.2. The third kappa shape index (κ3) is 3.93. The number of anilines is 1. The van der Waals surface area contributed by atoms with E-state index >= 15 is 0 Å². The highest BCUT2D eigenvalue weighted by Gasteiger charge is 2.13. The molecule has 1 saturated carbocycles. The van der Waals surface area contributed by atoms with E-state index in [1.165, 1.54) is 54.4 Å². The van der Waals surface area contributed by atoms with Gasteiger partial charge in [0.25, 0.3) is 0 Å². The number of nitrogens with zero attached hydrogens (tertiary/aromatic N) is 1. The molecule has 122 valence electrons. The van der Waals surface area contributed by atoms with Gasteiger partial charge in [0.1, 0.15) is 5.82 Å². The Bertz CT molecular complexity index is 646. The summed E-state index contributed by atoms with van der Waals surface area (Å²) >= 11 is 0. The first-order valence-corrected chi connectivity index (χ1v) is 8.92. The summed E-state index contributed by atoms with van der Waals surface area (Å²) in [6.07, 6.45) is 6.92. The van der Waals surface area contributed by atoms with Crippen molar-refractivity contribution in [1.82, 2.24) is 4.98 Å². The largest absolute Gasteiger partial charge is 0.370 e. The average molecular weight is 308 g/mol. The molecule has 0 radical (unpaired) electrons. The minimum absolute atomic E-state index is 0.817. The molecular formula is C21H28N2. The van der Waals surface area contributed by atoms with E-state index in [1.54, 1.807) is 0 Å². The van der Waals surface area contributed by atoms with Crippen LogP contribution < -0.4 is 5.32 Å². The summed E-state index contributed by atoms with van der Waals surface area (Å²) in [6, 6.07) is 10.8. The highest BCUT2D eigenvalue weighted by Crippen LogP contribution is 2.28. The summed E-state index contributed by atoms with van der Waals surface area (Å²) < 4.78 is 0. The molecule has 0 spiro atoms. The van der Waals surface area contributed by atoms with Gasteiger partial charge in [-0.15, -0.1) is 0 Å². The molecule has 2 heteroatoms. The molecule has 1 fully saturated rings. The number of aryl methyl sites for hydroxylation is 3. The second-order valence-electron chi connectivity index (χ2n) is 7.07. The van der Waals surface area contributed by atoms with Gasteiger partial charge < -0.3 is 5.32 Å². The van der Waals surface area contributed by atoms with Crippen LogP contribution in [0.3, 0.4) is 0 Å². The SMILES string of the molecule is Cc1cc(C)c(-c2cccc(NCC3CCCCC3)n2)c(C)c1. The van der Waals surface area contributed by atoms with Gasteiger partial charge in [0.05, 0.1) is 5.69 Å². The van der Waals surface area contributed by atoms with Crippen molar-refractivity contribution in [3.63, 3.8) is 0 Å². The van der Waals surface area contributed by atoms with Crippen molar-refractivity contribution < 1.29 is 0 Å². The molecule has 1 aliphatic carbocycles. The third-order valence-electron chi connectivity index (χ3n) is 4.98. The molecule has 2 nitrogen and oxygen atoms in total. The van der Waals surface area contributed by atoms with E-state index in [2.05, 4.69) is 56.4 Å². The van der Waals surface area contributed by atoms with Gasteiger partial charge in [0.2, 0.25) is 0 Å². The van der Waals surface area contributed by atoms with E-state index in [4.69, 9.17) is 4.98 Å². The first-order valence-electron chi connectivity index (χ1n) is 8.92. The van der Waals surface area contributed by atoms with Crippen LogP contribution in [0.4, 0.5) is 5.82 Å². The van der Waals surface area contributed by atoms with Crippen molar-refractivity contribution in [3.05, 3.63) is 47.0 Å². The van der Waals surface area contributed by atoms with Crippen LogP contribution in [-0.4, -0.2) is 11.5 Å². The number of benzene rings is 1. The molecule has 0 unspecified atom stereocenters. The van der Waals surface area contributed by atoms with Crippen LogP contribution in [0.5, 0.6) is 0 Å². The van der Waals surface area contributed by atoms with Crippen molar-refractivity contribution in [3.8, 4) is 11.3 Å². The van der Waals surface area contributed by atoms with Gasteiger partial charge >= 0.3 is 0 Å². The zero-order valence-corrected chi connectivity index (χ0v) is 14.7. The normalized spacial score (nSPS) is 15.6. The van der Waals surface area contributed by atoms with E-state index in [9.17, 15) is 0 Å². The molecule has 0 atom stereocenters. The quantitative estimate of drug-likeness (QED) is 0.787. The first kappa shape index (κ1) is 16.0. The lowest BCUT2D eigenvalue weighted by atomic mass is 9.89. The standard InChI is InChI=1S/C21H28N2/c1-15-12-16(2)21(17(3)13-15)19-10-7-11-20(23-19)22-14-18-8-5-4-6-9-18/h7,10-13,18H,4-6,8-9,14H2,1-3H3,(H,22,23). The van der Waals surface area contributed by atoms with Crippen LogP contribution in [0, 0.1) is 26.7 Å². The molecule has 1 N–H and O–H groups in total. The van der Waals surface area contributed by atoms with E-state index in [1.807, 2.05) is 0 Å². The Morgan fingerprint density at radius 3 is 2.39 bits per heavy atom. The van der Waals surface area contributed by atoms with Gasteiger partial charge in [0.15, 0.2) is 0 Å². The van der Waals surface area contributed by atoms with Crippen LogP contribution in [0.1, 0.15) is 48.8 Å². The Hall–Kier alpha value is -1.83. The molecule has 2 aromatic rings. The zero-order valence-electron chi connectivity index (χ0n) is 14.7. The summed E-state index contributed by atoms with van der Waals surface area (Å²) in [5.74, 6) is 1.82. The number of hydrogen-bond donors (Lipinski definition) is 1. The monoisotopic (exact) mass is 308 g/mol. The summed E-state index contributed by atoms with van der Waals surface area (Å²) in [5.41, 5.74) is 6.28. The van der Waals surface area contributed by atoms with Crippen molar-refractivity contribution >= 4 is 5.82 Å². The third-order valence-corrected chi connectivity index (χ3v) is 4.98. The number of aromatic nitrogens is 1. The molecule has 1 aromatic carbocycles. The summed E-state index contributed by atoms with van der Waals surface area (Å²) in [6.45, 7) is 7.57. The fourth-order valence-electron chi connectivity index (χ4n) is 3.90. The Morgan fingerprint density at radius 2 is 1.70 bits per heavy atom. The first-order chi connectivity index (χ1) is 11.1. The topological polar surface area (TPSA) is 24.9 Å². The molecule has 0 saturated heterocycles. The average Bonchev–Trinajstić information content (AvgIpc) is 2.53. The number of hydrogen-bond acceptors (Lipinski definition) is 2. The van der Waals surface area contributed by atoms with Crippen LogP contribution >= 0.6 is 0 Å². The smallest absolute Gasteiger partial charge is 0.126 e. The summed E-state index contributed by atoms with van der Waals surface area (Å²) in [5, 5.41) is 3.56. The maximum absolute atomic E-state index is 4.87. The van der Waals surface area contributed by atoms with Gasteiger partial charge in [-0.2, -0.15) is 0 Å². The van der Waals surface area contributed by atoms with Crippen molar-refractivity contribution in [2.24, 2.45) is 5.92 Å². The molecule has 0 amide bonds. The number of nitrogens with one attached hydrogen (secondary N) is 1. The minimum atomic E-state index is 0.817. The van der Waals surface area contributed by atoms with Gasteiger partial charge in [-0.1, -0.05) is 43.0 Å². The van der Waals surface area contributed by atoms with Crippen LogP contribution in [0.25, 0.3) is 11.3 Å². The maximum Gasteiger partial charge on any atom is 0.126 e. The van der Waals surface area contributed by atoms with Gasteiger partial charge in [-0.25, -0.2) is 4.98 Å². The van der Waals surface area contributed by atoms with Crippen LogP contribution in [0.15, 0.2) is 30.3 Å². The lowest BCUT2D eigenvalue weighted by molar-refractivity contribution is 0.373. The van der Waals surface area contributed by atoms with Crippen molar-refractivity contribution in [1.29, 1.82) is 0 Å². The predicted octanol–water partition coefficient (Wildman–Crippen LogP) is 5.67. The molecule has 0 bridgehead atoms. The fourth-order valence-corrected chi connectivity index (χ4v) is 3.90. The van der Waals surface area contributed by atoms with E-state index in [0.717, 1.165) is 24.0 Å². The van der Waals surface area contributed by atoms with Crippen LogP contribution in [0.2, 0.25) is 0 Å². The summed E-state index contributed by atoms with van der Waals surface area (Å²) in [4.78, 5) is 4.87. The second kappa shape index (κ2) is 7.16. The molecule has 1 aromatic heterocycles. The lowest BCUT2D eigenvalue weighted by Gasteiger charge is -2.22. The highest BCUT2D eigenvalue weighted by molar-refractivity contribution is 5.69. The maximum atomic E-state index is 4.87. The fraction of sp³-hybridized carbons (Fsp3) is 0.476. The molecule has 0 aliphatic heterocycles. The number of pyridine rings is 1. The Labute approximate surface area is 140 Å². The minimum Gasteiger partial charge on any atom is -0.370 e. The van der Waals surface area contributed by atoms with Gasteiger partial charge in [-0.3, -0.25) is 0 Å². The van der Waals surface area contributed by atoms with Gasteiger partial charge in [-0.05, 0) is 62.8 Å². The van der Waals surface area contributed by atoms with E-state index in [-0.39, 0.29) is 0 Å². The van der Waals surface area contributed by atoms with E-state index < -0.39 is 0 Å². The molecule has 23 heavy (non-hydrogen) atoms. The Kier molecular flexibility index (Phi) is 5.00. The lowest BCUT2D eigenvalue weighted by Crippen LogP contribution is -2.17. The molecule has 3 rings (SSSR count). The second-order valence-corrected chi connectivity index (χ2v) is 7.07. The van der Waals surface area contributed by atoms with Crippen LogP contribution in [-0.2, 0) is 0 Å². The van der Waals surface area contributed by atoms with E-state index in [0.29, 0.717) is 0 Å². The van der Waals surface area contributed by atoms with Gasteiger partial charge in [0, 0.05) is 12.1 Å². The molecule has 1 heterocycles. The highest BCUT2D eigenvalue weighted by atomic mass is 15.0. The predicted molar refractivity (Wildman–Crippen MR) is 98.9 cm³/mol. The Balaban J connectivity index is 1.77. The van der Waals surface area contributed by atoms with Crippen molar-refractivity contribution in [2.75, 3.05) is 11.9 Å². The van der Waals surface area contributed by atoms with Crippen molar-refractivity contribution in [2.45, 2.75) is 52.9 Å². The molecule has 1 aliphatic rings. The molecular weight excluding hydrogens is 280 g/mol. The summed E-state index contributed by atoms with van der Waals surface area (Å²) in [7, 11) is 0.